The summed E-state index contributed by atoms with van der Waals surface area (Å²) in [6.07, 6.45) is 1.81. The van der Waals surface area contributed by atoms with Crippen molar-refractivity contribution in [1.82, 2.24) is 9.55 Å². The summed E-state index contributed by atoms with van der Waals surface area (Å²) in [5.74, 6) is -1.19. The largest absolute Gasteiger partial charge is 0.308 e. The number of nitriles is 1. The number of hydrogen-bond acceptors (Lipinski definition) is 5. The number of thioether (sulfide) groups is 1. The second-order valence-corrected chi connectivity index (χ2v) is 7.79. The molecule has 1 aromatic heterocycles. The van der Waals surface area contributed by atoms with Gasteiger partial charge in [0.15, 0.2) is 10.9 Å². The number of rotatable bonds is 7. The van der Waals surface area contributed by atoms with E-state index in [1.54, 1.807) is 0 Å². The van der Waals surface area contributed by atoms with E-state index in [0.29, 0.717) is 5.16 Å². The van der Waals surface area contributed by atoms with Crippen LogP contribution in [0.2, 0.25) is 0 Å². The van der Waals surface area contributed by atoms with Crippen molar-refractivity contribution in [3.8, 4) is 23.0 Å². The van der Waals surface area contributed by atoms with Gasteiger partial charge in [0.1, 0.15) is 5.92 Å². The Kier molecular flexibility index (Phi) is 6.30. The van der Waals surface area contributed by atoms with Crippen LogP contribution in [-0.4, -0.2) is 26.8 Å². The molecule has 146 valence electrons. The third-order valence-electron chi connectivity index (χ3n) is 4.84. The van der Waals surface area contributed by atoms with Crippen molar-refractivity contribution in [2.75, 3.05) is 5.75 Å². The number of nitrogens with one attached hydrogen (secondary N) is 1. The molecule has 2 aromatic carbocycles. The van der Waals surface area contributed by atoms with Crippen molar-refractivity contribution < 1.29 is 4.79 Å². The van der Waals surface area contributed by atoms with Gasteiger partial charge in [-0.15, -0.1) is 0 Å². The van der Waals surface area contributed by atoms with Crippen LogP contribution in [-0.2, 0) is 4.79 Å². The van der Waals surface area contributed by atoms with Gasteiger partial charge in [-0.25, -0.2) is 4.98 Å². The van der Waals surface area contributed by atoms with Crippen molar-refractivity contribution in [1.29, 1.82) is 10.7 Å². The van der Waals surface area contributed by atoms with Gasteiger partial charge in [-0.2, -0.15) is 5.26 Å². The predicted molar refractivity (Wildman–Crippen MR) is 117 cm³/mol. The molecule has 0 saturated carbocycles. The quantitative estimate of drug-likeness (QED) is 0.445. The molecule has 1 heterocycles. The molecule has 0 saturated heterocycles. The van der Waals surface area contributed by atoms with E-state index in [-0.39, 0.29) is 17.2 Å². The minimum absolute atomic E-state index is 0.0703. The lowest BCUT2D eigenvalue weighted by Gasteiger charge is -2.16. The first-order valence-electron chi connectivity index (χ1n) is 9.24. The second-order valence-electron chi connectivity index (χ2n) is 6.85. The summed E-state index contributed by atoms with van der Waals surface area (Å²) in [7, 11) is 0. The molecule has 0 unspecified atom stereocenters. The monoisotopic (exact) mass is 402 g/mol. The Morgan fingerprint density at radius 2 is 1.93 bits per heavy atom. The molecule has 1 N–H and O–H groups in total. The molecule has 6 heteroatoms. The standard InChI is InChI=1S/C23H22N4OS/c1-15-8-7-11-20(16(15)2)27-21(18-9-5-4-6-10-18)13-26-23(27)29-14-22(28)19(12-24)17(3)25/h4-11,13,19,25H,14H2,1-3H3/t19-/m1/s1. The lowest BCUT2D eigenvalue weighted by atomic mass is 10.0. The van der Waals surface area contributed by atoms with Crippen LogP contribution in [0.4, 0.5) is 0 Å². The smallest absolute Gasteiger partial charge is 0.173 e. The van der Waals surface area contributed by atoms with E-state index < -0.39 is 5.92 Å². The predicted octanol–water partition coefficient (Wildman–Crippen LogP) is 5.00. The topological polar surface area (TPSA) is 82.5 Å². The number of nitrogens with zero attached hydrogens (tertiary/aromatic N) is 3. The average molecular weight is 403 g/mol. The van der Waals surface area contributed by atoms with Gasteiger partial charge in [-0.1, -0.05) is 54.2 Å². The fraction of sp³-hybridized carbons (Fsp3) is 0.217. The maximum atomic E-state index is 12.4. The molecule has 0 amide bonds. The van der Waals surface area contributed by atoms with E-state index in [0.717, 1.165) is 22.5 Å². The highest BCUT2D eigenvalue weighted by Gasteiger charge is 2.22. The Balaban J connectivity index is 2.04. The SMILES string of the molecule is CC(=N)[C@@H](C#N)C(=O)CSc1ncc(-c2ccccc2)n1-c1cccc(C)c1C. The molecule has 1 atom stereocenters. The van der Waals surface area contributed by atoms with E-state index in [1.165, 1.54) is 24.2 Å². The minimum atomic E-state index is -1.000. The molecule has 29 heavy (non-hydrogen) atoms. The molecule has 0 aliphatic rings. The van der Waals surface area contributed by atoms with Gasteiger partial charge in [-0.05, 0) is 38.0 Å². The fourth-order valence-electron chi connectivity index (χ4n) is 3.09. The van der Waals surface area contributed by atoms with Crippen molar-refractivity contribution in [3.63, 3.8) is 0 Å². The van der Waals surface area contributed by atoms with E-state index in [4.69, 9.17) is 5.41 Å². The van der Waals surface area contributed by atoms with Crippen molar-refractivity contribution in [2.24, 2.45) is 5.92 Å². The van der Waals surface area contributed by atoms with Crippen LogP contribution in [0.15, 0.2) is 59.9 Å². The maximum absolute atomic E-state index is 12.4. The van der Waals surface area contributed by atoms with E-state index in [2.05, 4.69) is 29.5 Å². The molecule has 0 fully saturated rings. The number of Topliss-reactive ketones (excluding diaryl/α,β-unsaturated/α-hetero) is 1. The number of aromatic nitrogens is 2. The number of carbonyl (C=O) groups excluding carboxylic acids is 1. The van der Waals surface area contributed by atoms with Crippen LogP contribution >= 0.6 is 11.8 Å². The lowest BCUT2D eigenvalue weighted by molar-refractivity contribution is -0.117. The summed E-state index contributed by atoms with van der Waals surface area (Å²) in [6.45, 7) is 5.63. The number of imidazole rings is 1. The number of hydrogen-bond donors (Lipinski definition) is 1. The zero-order valence-electron chi connectivity index (χ0n) is 16.6. The number of aryl methyl sites for hydroxylation is 1. The highest BCUT2D eigenvalue weighted by molar-refractivity contribution is 7.99. The van der Waals surface area contributed by atoms with Gasteiger partial charge in [-0.3, -0.25) is 9.36 Å². The van der Waals surface area contributed by atoms with Gasteiger partial charge in [0.2, 0.25) is 0 Å². The van der Waals surface area contributed by atoms with E-state index >= 15 is 0 Å². The van der Waals surface area contributed by atoms with Crippen LogP contribution in [0.3, 0.4) is 0 Å². The van der Waals surface area contributed by atoms with Crippen LogP contribution < -0.4 is 0 Å². The van der Waals surface area contributed by atoms with Crippen molar-refractivity contribution >= 4 is 23.3 Å². The first kappa shape index (κ1) is 20.6. The lowest BCUT2D eigenvalue weighted by Crippen LogP contribution is -2.21. The Morgan fingerprint density at radius 1 is 1.21 bits per heavy atom. The molecular weight excluding hydrogens is 380 g/mol. The third kappa shape index (κ3) is 4.30. The number of carbonyl (C=O) groups is 1. The summed E-state index contributed by atoms with van der Waals surface area (Å²) in [5, 5.41) is 17.5. The van der Waals surface area contributed by atoms with Crippen molar-refractivity contribution in [3.05, 3.63) is 65.9 Å². The second kappa shape index (κ2) is 8.89. The highest BCUT2D eigenvalue weighted by atomic mass is 32.2. The van der Waals surface area contributed by atoms with Crippen molar-refractivity contribution in [2.45, 2.75) is 25.9 Å². The number of ketones is 1. The fourth-order valence-corrected chi connectivity index (χ4v) is 3.98. The molecule has 3 rings (SSSR count). The summed E-state index contributed by atoms with van der Waals surface area (Å²) in [6, 6.07) is 18.0. The summed E-state index contributed by atoms with van der Waals surface area (Å²) < 4.78 is 2.06. The van der Waals surface area contributed by atoms with Crippen LogP contribution in [0.25, 0.3) is 16.9 Å². The van der Waals surface area contributed by atoms with E-state index in [1.807, 2.05) is 54.7 Å². The Hall–Kier alpha value is -3.17. The maximum Gasteiger partial charge on any atom is 0.173 e. The summed E-state index contributed by atoms with van der Waals surface area (Å²) in [4.78, 5) is 17.0. The highest BCUT2D eigenvalue weighted by Crippen LogP contribution is 2.32. The molecule has 0 aliphatic carbocycles. The van der Waals surface area contributed by atoms with Gasteiger partial charge >= 0.3 is 0 Å². The number of benzene rings is 2. The molecule has 0 aliphatic heterocycles. The van der Waals surface area contributed by atoms with Crippen LogP contribution in [0, 0.1) is 36.5 Å². The van der Waals surface area contributed by atoms with Gasteiger partial charge in [0.05, 0.1) is 29.4 Å². The minimum Gasteiger partial charge on any atom is -0.308 e. The zero-order valence-corrected chi connectivity index (χ0v) is 17.5. The van der Waals surface area contributed by atoms with Gasteiger partial charge < -0.3 is 5.41 Å². The zero-order chi connectivity index (χ0) is 21.0. The summed E-state index contributed by atoms with van der Waals surface area (Å²) in [5.41, 5.74) is 5.36. The van der Waals surface area contributed by atoms with Gasteiger partial charge in [0.25, 0.3) is 0 Å². The first-order valence-corrected chi connectivity index (χ1v) is 10.2. The van der Waals surface area contributed by atoms with Gasteiger partial charge in [0, 0.05) is 11.3 Å². The average Bonchev–Trinajstić information content (AvgIpc) is 3.13. The molecule has 0 bridgehead atoms. The van der Waals surface area contributed by atoms with E-state index in [9.17, 15) is 10.1 Å². The summed E-state index contributed by atoms with van der Waals surface area (Å²) >= 11 is 1.30. The molecule has 3 aromatic rings. The van der Waals surface area contributed by atoms with Crippen LogP contribution in [0.1, 0.15) is 18.1 Å². The molecule has 5 nitrogen and oxygen atoms in total. The Morgan fingerprint density at radius 3 is 2.59 bits per heavy atom. The molecule has 0 spiro atoms. The Bertz CT molecular complexity index is 1100. The first-order chi connectivity index (χ1) is 13.9. The Labute approximate surface area is 174 Å². The van der Waals surface area contributed by atoms with Crippen LogP contribution in [0.5, 0.6) is 0 Å². The normalized spacial score (nSPS) is 11.7. The third-order valence-corrected chi connectivity index (χ3v) is 5.82. The molecule has 0 radical (unpaired) electrons. The molecular formula is C23H22N4OS.